The predicted molar refractivity (Wildman–Crippen MR) is 88.1 cm³/mol. The molecule has 0 saturated heterocycles. The summed E-state index contributed by atoms with van der Waals surface area (Å²) in [6, 6.07) is 8.26. The summed E-state index contributed by atoms with van der Waals surface area (Å²) in [6.07, 6.45) is -4.69. The molecule has 0 aliphatic heterocycles. The second kappa shape index (κ2) is 7.10. The lowest BCUT2D eigenvalue weighted by Crippen LogP contribution is -2.27. The molecule has 0 spiro atoms. The zero-order chi connectivity index (χ0) is 20.5. The van der Waals surface area contributed by atoms with Gasteiger partial charge in [-0.3, -0.25) is 9.89 Å². The van der Waals surface area contributed by atoms with E-state index in [1.54, 1.807) is 36.3 Å². The second-order valence-electron chi connectivity index (χ2n) is 5.81. The van der Waals surface area contributed by atoms with E-state index in [1.165, 1.54) is 6.92 Å². The highest BCUT2D eigenvalue weighted by Crippen LogP contribution is 2.26. The Balaban J connectivity index is 1.79. The molecule has 9 nitrogen and oxygen atoms in total. The molecule has 0 fully saturated rings. The number of alkyl halides is 3. The van der Waals surface area contributed by atoms with Crippen LogP contribution in [0.15, 0.2) is 24.3 Å². The molecular formula is C16H13F3N8O. The van der Waals surface area contributed by atoms with Crippen LogP contribution in [0.5, 0.6) is 0 Å². The smallest absolute Gasteiger partial charge is 0.343 e. The molecule has 0 bridgehead atoms. The summed E-state index contributed by atoms with van der Waals surface area (Å²) in [7, 11) is 0. The molecule has 1 amide bonds. The standard InChI is InChI=1S/C16H13F3N8O/c1-8(11-5-3-4-10(6-11)7-20)21-13(28)12-22-9(2)27(26-12)15-23-14(24-25-15)16(17,18)19/h3-6,8H,1-2H3,(H,21,28)(H,23,24,25). The molecule has 2 aromatic heterocycles. The molecule has 0 radical (unpaired) electrons. The van der Waals surface area contributed by atoms with Crippen molar-refractivity contribution in [3.63, 3.8) is 0 Å². The molecular weight excluding hydrogens is 377 g/mol. The third kappa shape index (κ3) is 3.83. The van der Waals surface area contributed by atoms with Crippen LogP contribution in [-0.4, -0.2) is 35.9 Å². The van der Waals surface area contributed by atoms with Crippen LogP contribution in [0.2, 0.25) is 0 Å². The number of carbonyl (C=O) groups is 1. The van der Waals surface area contributed by atoms with Crippen molar-refractivity contribution in [2.45, 2.75) is 26.1 Å². The Morgan fingerprint density at radius 1 is 1.36 bits per heavy atom. The topological polar surface area (TPSA) is 125 Å². The largest absolute Gasteiger partial charge is 0.451 e. The minimum atomic E-state index is -4.69. The Morgan fingerprint density at radius 2 is 2.11 bits per heavy atom. The third-order valence-corrected chi connectivity index (χ3v) is 3.77. The highest BCUT2D eigenvalue weighted by Gasteiger charge is 2.35. The van der Waals surface area contributed by atoms with Crippen LogP contribution in [0.25, 0.3) is 5.95 Å². The third-order valence-electron chi connectivity index (χ3n) is 3.77. The summed E-state index contributed by atoms with van der Waals surface area (Å²) in [6.45, 7) is 3.16. The average molecular weight is 390 g/mol. The predicted octanol–water partition coefficient (Wildman–Crippen LogP) is 2.08. The quantitative estimate of drug-likeness (QED) is 0.703. The van der Waals surface area contributed by atoms with Crippen LogP contribution in [0.3, 0.4) is 0 Å². The van der Waals surface area contributed by atoms with E-state index in [-0.39, 0.29) is 17.6 Å². The van der Waals surface area contributed by atoms with Gasteiger partial charge >= 0.3 is 6.18 Å². The van der Waals surface area contributed by atoms with Crippen molar-refractivity contribution in [3.05, 3.63) is 52.9 Å². The van der Waals surface area contributed by atoms with Gasteiger partial charge in [-0.1, -0.05) is 12.1 Å². The normalized spacial score (nSPS) is 12.4. The van der Waals surface area contributed by atoms with Gasteiger partial charge in [0.15, 0.2) is 0 Å². The first kappa shape index (κ1) is 19.0. The van der Waals surface area contributed by atoms with Gasteiger partial charge in [0.25, 0.3) is 11.9 Å². The number of aryl methyl sites for hydroxylation is 1. The van der Waals surface area contributed by atoms with E-state index in [0.717, 1.165) is 4.68 Å². The molecule has 144 valence electrons. The molecule has 3 rings (SSSR count). The molecule has 1 unspecified atom stereocenters. The van der Waals surface area contributed by atoms with Crippen LogP contribution < -0.4 is 5.32 Å². The maximum absolute atomic E-state index is 12.6. The van der Waals surface area contributed by atoms with Gasteiger partial charge in [-0.05, 0) is 31.5 Å². The van der Waals surface area contributed by atoms with Crippen molar-refractivity contribution in [1.29, 1.82) is 5.26 Å². The number of halogens is 3. The van der Waals surface area contributed by atoms with Gasteiger partial charge in [0, 0.05) is 0 Å². The van der Waals surface area contributed by atoms with Crippen LogP contribution in [0, 0.1) is 18.3 Å². The molecule has 0 aliphatic rings. The number of hydrogen-bond acceptors (Lipinski definition) is 6. The number of amides is 1. The fourth-order valence-electron chi connectivity index (χ4n) is 2.37. The monoisotopic (exact) mass is 390 g/mol. The number of hydrogen-bond donors (Lipinski definition) is 2. The van der Waals surface area contributed by atoms with E-state index in [1.807, 2.05) is 6.07 Å². The molecule has 0 saturated carbocycles. The average Bonchev–Trinajstić information content (AvgIpc) is 3.28. The fourth-order valence-corrected chi connectivity index (χ4v) is 2.37. The van der Waals surface area contributed by atoms with Crippen LogP contribution in [-0.2, 0) is 6.18 Å². The van der Waals surface area contributed by atoms with Gasteiger partial charge < -0.3 is 5.32 Å². The number of benzene rings is 1. The lowest BCUT2D eigenvalue weighted by Gasteiger charge is -2.13. The molecule has 1 atom stereocenters. The SMILES string of the molecule is Cc1nc(C(=O)NC(C)c2cccc(C#N)c2)nn1-c1n[nH]c(C(F)(F)F)n1. The van der Waals surface area contributed by atoms with E-state index in [2.05, 4.69) is 25.5 Å². The highest BCUT2D eigenvalue weighted by atomic mass is 19.4. The maximum atomic E-state index is 12.6. The summed E-state index contributed by atoms with van der Waals surface area (Å²) < 4.78 is 38.9. The van der Waals surface area contributed by atoms with Crippen molar-refractivity contribution in [3.8, 4) is 12.0 Å². The molecule has 0 aliphatic carbocycles. The molecule has 12 heteroatoms. The molecule has 2 N–H and O–H groups in total. The van der Waals surface area contributed by atoms with Gasteiger partial charge in [0.2, 0.25) is 11.6 Å². The van der Waals surface area contributed by atoms with Gasteiger partial charge in [0.1, 0.15) is 5.82 Å². The lowest BCUT2D eigenvalue weighted by atomic mass is 10.1. The highest BCUT2D eigenvalue weighted by molar-refractivity contribution is 5.90. The first-order valence-electron chi connectivity index (χ1n) is 7.93. The number of carbonyl (C=O) groups excluding carboxylic acids is 1. The van der Waals surface area contributed by atoms with E-state index >= 15 is 0 Å². The number of aromatic amines is 1. The summed E-state index contributed by atoms with van der Waals surface area (Å²) in [5.41, 5.74) is 1.15. The van der Waals surface area contributed by atoms with Crippen molar-refractivity contribution < 1.29 is 18.0 Å². The van der Waals surface area contributed by atoms with Crippen LogP contribution in [0.1, 0.15) is 46.4 Å². The Hall–Kier alpha value is -3.75. The Kier molecular flexibility index (Phi) is 4.83. The van der Waals surface area contributed by atoms with E-state index in [4.69, 9.17) is 5.26 Å². The van der Waals surface area contributed by atoms with Gasteiger partial charge in [-0.25, -0.2) is 4.98 Å². The second-order valence-corrected chi connectivity index (χ2v) is 5.81. The zero-order valence-electron chi connectivity index (χ0n) is 14.6. The van der Waals surface area contributed by atoms with Crippen molar-refractivity contribution in [2.75, 3.05) is 0 Å². The molecule has 28 heavy (non-hydrogen) atoms. The molecule has 3 aromatic rings. The summed E-state index contributed by atoms with van der Waals surface area (Å²) in [4.78, 5) is 19.7. The zero-order valence-corrected chi connectivity index (χ0v) is 14.6. The first-order valence-corrected chi connectivity index (χ1v) is 7.93. The summed E-state index contributed by atoms with van der Waals surface area (Å²) in [5.74, 6) is -2.42. The summed E-state index contributed by atoms with van der Waals surface area (Å²) >= 11 is 0. The Morgan fingerprint density at radius 3 is 2.75 bits per heavy atom. The Labute approximate surface area is 156 Å². The maximum Gasteiger partial charge on any atom is 0.451 e. The fraction of sp³-hybridized carbons (Fsp3) is 0.250. The minimum absolute atomic E-state index is 0.136. The van der Waals surface area contributed by atoms with Crippen molar-refractivity contribution in [1.82, 2.24) is 35.3 Å². The Bertz CT molecular complexity index is 1060. The van der Waals surface area contributed by atoms with Gasteiger partial charge in [-0.2, -0.15) is 28.1 Å². The number of nitrogens with zero attached hydrogens (tertiary/aromatic N) is 6. The first-order chi connectivity index (χ1) is 13.2. The number of H-pyrrole nitrogens is 1. The van der Waals surface area contributed by atoms with Crippen molar-refractivity contribution >= 4 is 5.91 Å². The van der Waals surface area contributed by atoms with Gasteiger partial charge in [-0.15, -0.1) is 10.2 Å². The van der Waals surface area contributed by atoms with E-state index in [0.29, 0.717) is 11.1 Å². The number of nitriles is 1. The minimum Gasteiger partial charge on any atom is -0.343 e. The lowest BCUT2D eigenvalue weighted by molar-refractivity contribution is -0.144. The van der Waals surface area contributed by atoms with Crippen LogP contribution >= 0.6 is 0 Å². The number of aromatic nitrogens is 6. The molecule has 2 heterocycles. The molecule has 1 aromatic carbocycles. The number of nitrogens with one attached hydrogen (secondary N) is 2. The number of rotatable bonds is 4. The van der Waals surface area contributed by atoms with Crippen molar-refractivity contribution in [2.24, 2.45) is 0 Å². The van der Waals surface area contributed by atoms with Gasteiger partial charge in [0.05, 0.1) is 17.7 Å². The summed E-state index contributed by atoms with van der Waals surface area (Å²) in [5, 5.41) is 20.7. The van der Waals surface area contributed by atoms with Crippen LogP contribution in [0.4, 0.5) is 13.2 Å². The van der Waals surface area contributed by atoms with E-state index < -0.39 is 23.9 Å². The van der Waals surface area contributed by atoms with E-state index in [9.17, 15) is 18.0 Å².